The summed E-state index contributed by atoms with van der Waals surface area (Å²) in [6.07, 6.45) is 0. The molecule has 0 unspecified atom stereocenters. The Hall–Kier alpha value is -2.16. The van der Waals surface area contributed by atoms with Crippen molar-refractivity contribution in [1.29, 1.82) is 0 Å². The molecule has 152 valence electrons. The predicted octanol–water partition coefficient (Wildman–Crippen LogP) is 3.68. The zero-order valence-electron chi connectivity index (χ0n) is 16.7. The molecule has 1 aliphatic heterocycles. The van der Waals surface area contributed by atoms with Crippen molar-refractivity contribution in [3.8, 4) is 17.2 Å². The van der Waals surface area contributed by atoms with Crippen molar-refractivity contribution < 1.29 is 14.2 Å². The van der Waals surface area contributed by atoms with Crippen molar-refractivity contribution in [2.75, 3.05) is 27.5 Å². The van der Waals surface area contributed by atoms with Crippen molar-refractivity contribution in [2.45, 2.75) is 25.8 Å². The first-order chi connectivity index (χ1) is 13.0. The summed E-state index contributed by atoms with van der Waals surface area (Å²) in [5, 5.41) is 6.75. The van der Waals surface area contributed by atoms with Crippen LogP contribution in [0.3, 0.4) is 0 Å². The zero-order chi connectivity index (χ0) is 19.3. The molecule has 2 aromatic carbocycles. The van der Waals surface area contributed by atoms with E-state index in [1.807, 2.05) is 30.3 Å². The number of methoxy groups -OCH3 is 1. The van der Waals surface area contributed by atoms with Gasteiger partial charge >= 0.3 is 0 Å². The van der Waals surface area contributed by atoms with Crippen LogP contribution in [-0.2, 0) is 12.0 Å². The highest BCUT2D eigenvalue weighted by molar-refractivity contribution is 14.0. The van der Waals surface area contributed by atoms with Gasteiger partial charge in [-0.3, -0.25) is 4.99 Å². The SMILES string of the molecule is CN=C(NCc1ccccc1OC)NCC(C)(C)c1ccc2c(c1)OCO2.I. The molecule has 0 atom stereocenters. The van der Waals surface area contributed by atoms with Crippen LogP contribution in [0.25, 0.3) is 0 Å². The van der Waals surface area contributed by atoms with Crippen molar-refractivity contribution in [1.82, 2.24) is 10.6 Å². The summed E-state index contributed by atoms with van der Waals surface area (Å²) in [5.74, 6) is 3.21. The van der Waals surface area contributed by atoms with E-state index in [4.69, 9.17) is 14.2 Å². The molecule has 0 spiro atoms. The number of aliphatic imine (C=N–C) groups is 1. The summed E-state index contributed by atoms with van der Waals surface area (Å²) in [4.78, 5) is 4.32. The van der Waals surface area contributed by atoms with Gasteiger partial charge in [-0.2, -0.15) is 0 Å². The molecule has 0 radical (unpaired) electrons. The Morgan fingerprint density at radius 2 is 1.86 bits per heavy atom. The van der Waals surface area contributed by atoms with Gasteiger partial charge in [0.2, 0.25) is 6.79 Å². The molecule has 0 amide bonds. The van der Waals surface area contributed by atoms with E-state index in [9.17, 15) is 0 Å². The lowest BCUT2D eigenvalue weighted by atomic mass is 9.84. The number of rotatable bonds is 6. The molecule has 6 nitrogen and oxygen atoms in total. The first kappa shape index (κ1) is 22.1. The summed E-state index contributed by atoms with van der Waals surface area (Å²) in [6.45, 7) is 6.01. The zero-order valence-corrected chi connectivity index (χ0v) is 19.1. The van der Waals surface area contributed by atoms with Crippen LogP contribution in [0.2, 0.25) is 0 Å². The fourth-order valence-corrected chi connectivity index (χ4v) is 2.97. The number of ether oxygens (including phenoxy) is 3. The van der Waals surface area contributed by atoms with E-state index in [0.29, 0.717) is 6.54 Å². The quantitative estimate of drug-likeness (QED) is 0.362. The van der Waals surface area contributed by atoms with Crippen LogP contribution in [0.4, 0.5) is 0 Å². The van der Waals surface area contributed by atoms with Crippen LogP contribution in [0.5, 0.6) is 17.2 Å². The lowest BCUT2D eigenvalue weighted by Gasteiger charge is -2.27. The topological polar surface area (TPSA) is 64.1 Å². The van der Waals surface area contributed by atoms with E-state index in [-0.39, 0.29) is 36.2 Å². The Labute approximate surface area is 183 Å². The molecule has 3 rings (SSSR count). The highest BCUT2D eigenvalue weighted by Crippen LogP contribution is 2.36. The lowest BCUT2D eigenvalue weighted by molar-refractivity contribution is 0.174. The van der Waals surface area contributed by atoms with E-state index in [2.05, 4.69) is 41.6 Å². The second-order valence-electron chi connectivity index (χ2n) is 7.04. The molecule has 0 aliphatic carbocycles. The van der Waals surface area contributed by atoms with E-state index < -0.39 is 0 Å². The summed E-state index contributed by atoms with van der Waals surface area (Å²) >= 11 is 0. The summed E-state index contributed by atoms with van der Waals surface area (Å²) in [7, 11) is 3.45. The third-order valence-electron chi connectivity index (χ3n) is 4.71. The maximum atomic E-state index is 5.50. The normalized spacial score (nSPS) is 12.9. The number of nitrogens with zero attached hydrogens (tertiary/aromatic N) is 1. The van der Waals surface area contributed by atoms with Gasteiger partial charge < -0.3 is 24.8 Å². The monoisotopic (exact) mass is 497 g/mol. The van der Waals surface area contributed by atoms with Gasteiger partial charge in [0.05, 0.1) is 7.11 Å². The van der Waals surface area contributed by atoms with Crippen molar-refractivity contribution >= 4 is 29.9 Å². The van der Waals surface area contributed by atoms with E-state index in [0.717, 1.165) is 35.3 Å². The first-order valence-electron chi connectivity index (χ1n) is 9.00. The van der Waals surface area contributed by atoms with Crippen LogP contribution in [0.15, 0.2) is 47.5 Å². The largest absolute Gasteiger partial charge is 0.496 e. The lowest BCUT2D eigenvalue weighted by Crippen LogP contribution is -2.43. The molecule has 0 bridgehead atoms. The van der Waals surface area contributed by atoms with Crippen LogP contribution < -0.4 is 24.8 Å². The standard InChI is InChI=1S/C21H27N3O3.HI/c1-21(2,16-9-10-18-19(11-16)27-14-26-18)13-24-20(22-3)23-12-15-7-5-6-8-17(15)25-4;/h5-11H,12-14H2,1-4H3,(H2,22,23,24);1H. The van der Waals surface area contributed by atoms with Gasteiger partial charge in [-0.25, -0.2) is 0 Å². The Morgan fingerprint density at radius 3 is 2.61 bits per heavy atom. The molecule has 7 heteroatoms. The molecule has 0 aromatic heterocycles. The number of fused-ring (bicyclic) bond motifs is 1. The summed E-state index contributed by atoms with van der Waals surface area (Å²) in [5.41, 5.74) is 2.15. The van der Waals surface area contributed by atoms with Crippen molar-refractivity contribution in [3.05, 3.63) is 53.6 Å². The van der Waals surface area contributed by atoms with Crippen LogP contribution in [0, 0.1) is 0 Å². The molecule has 1 aliphatic rings. The minimum absolute atomic E-state index is 0. The number of guanidine groups is 1. The third-order valence-corrected chi connectivity index (χ3v) is 4.71. The van der Waals surface area contributed by atoms with Crippen LogP contribution in [0.1, 0.15) is 25.0 Å². The van der Waals surface area contributed by atoms with Crippen LogP contribution in [-0.4, -0.2) is 33.5 Å². The van der Waals surface area contributed by atoms with E-state index >= 15 is 0 Å². The molecule has 0 saturated carbocycles. The number of hydrogen-bond acceptors (Lipinski definition) is 4. The highest BCUT2D eigenvalue weighted by atomic mass is 127. The molecule has 2 N–H and O–H groups in total. The summed E-state index contributed by atoms with van der Waals surface area (Å²) in [6, 6.07) is 14.1. The van der Waals surface area contributed by atoms with Crippen molar-refractivity contribution in [2.24, 2.45) is 4.99 Å². The fraction of sp³-hybridized carbons (Fsp3) is 0.381. The third kappa shape index (κ3) is 5.21. The van der Waals surface area contributed by atoms with Gasteiger partial charge in [0.15, 0.2) is 17.5 Å². The Morgan fingerprint density at radius 1 is 1.11 bits per heavy atom. The minimum Gasteiger partial charge on any atom is -0.496 e. The average Bonchev–Trinajstić information content (AvgIpc) is 3.16. The Bertz CT molecular complexity index is 824. The fourth-order valence-electron chi connectivity index (χ4n) is 2.97. The second kappa shape index (κ2) is 9.86. The Balaban J connectivity index is 0.00000280. The Kier molecular flexibility index (Phi) is 7.79. The van der Waals surface area contributed by atoms with Gasteiger partial charge in [-0.15, -0.1) is 24.0 Å². The summed E-state index contributed by atoms with van der Waals surface area (Å²) < 4.78 is 16.3. The number of halogens is 1. The molecular weight excluding hydrogens is 469 g/mol. The molecule has 28 heavy (non-hydrogen) atoms. The first-order valence-corrected chi connectivity index (χ1v) is 9.00. The van der Waals surface area contributed by atoms with Crippen LogP contribution >= 0.6 is 24.0 Å². The van der Waals surface area contributed by atoms with E-state index in [1.165, 1.54) is 5.56 Å². The maximum absolute atomic E-state index is 5.50. The molecule has 1 heterocycles. The smallest absolute Gasteiger partial charge is 0.231 e. The number of benzene rings is 2. The molecule has 0 fully saturated rings. The van der Waals surface area contributed by atoms with Gasteiger partial charge in [0.25, 0.3) is 0 Å². The highest BCUT2D eigenvalue weighted by Gasteiger charge is 2.24. The maximum Gasteiger partial charge on any atom is 0.231 e. The van der Waals surface area contributed by atoms with E-state index in [1.54, 1.807) is 14.2 Å². The van der Waals surface area contributed by atoms with Gasteiger partial charge in [-0.05, 0) is 23.8 Å². The minimum atomic E-state index is -0.108. The van der Waals surface area contributed by atoms with Gasteiger partial charge in [0, 0.05) is 31.1 Å². The number of para-hydroxylation sites is 1. The average molecular weight is 497 g/mol. The molecular formula is C21H28IN3O3. The molecule has 2 aromatic rings. The number of hydrogen-bond donors (Lipinski definition) is 2. The van der Waals surface area contributed by atoms with Gasteiger partial charge in [-0.1, -0.05) is 38.1 Å². The predicted molar refractivity (Wildman–Crippen MR) is 122 cm³/mol. The van der Waals surface area contributed by atoms with Crippen molar-refractivity contribution in [3.63, 3.8) is 0 Å². The number of nitrogens with one attached hydrogen (secondary N) is 2. The second-order valence-corrected chi connectivity index (χ2v) is 7.04. The van der Waals surface area contributed by atoms with Gasteiger partial charge in [0.1, 0.15) is 5.75 Å². The molecule has 0 saturated heterocycles.